The number of thiocarbonyl (C=S) groups is 1. The molecule has 94 valence electrons. The van der Waals surface area contributed by atoms with Crippen LogP contribution < -0.4 is 0 Å². The van der Waals surface area contributed by atoms with Gasteiger partial charge in [-0.05, 0) is 23.8 Å². The highest BCUT2D eigenvalue weighted by molar-refractivity contribution is 8.26. The normalized spacial score (nSPS) is 17.9. The Kier molecular flexibility index (Phi) is 4.11. The van der Waals surface area contributed by atoms with Crippen molar-refractivity contribution in [3.05, 3.63) is 40.6 Å². The highest BCUT2D eigenvalue weighted by Gasteiger charge is 2.31. The minimum Gasteiger partial charge on any atom is -0.395 e. The first-order valence-corrected chi connectivity index (χ1v) is 6.46. The van der Waals surface area contributed by atoms with Crippen LogP contribution >= 0.6 is 24.0 Å². The topological polar surface area (TPSA) is 40.5 Å². The monoisotopic (exact) mass is 283 g/mol. The van der Waals surface area contributed by atoms with Crippen LogP contribution in [0.1, 0.15) is 5.56 Å². The number of thioether (sulfide) groups is 1. The average Bonchev–Trinajstić information content (AvgIpc) is 2.60. The van der Waals surface area contributed by atoms with E-state index in [1.54, 1.807) is 18.2 Å². The Labute approximate surface area is 113 Å². The molecule has 1 aromatic carbocycles. The minimum atomic E-state index is -0.319. The minimum absolute atomic E-state index is 0.129. The Morgan fingerprint density at radius 1 is 1.39 bits per heavy atom. The Hall–Kier alpha value is -1.24. The van der Waals surface area contributed by atoms with E-state index < -0.39 is 0 Å². The summed E-state index contributed by atoms with van der Waals surface area (Å²) in [7, 11) is 0. The number of β-amino-alcohol motifs (C(OH)–C–C–N with tert-alkyl or cyclic N) is 1. The van der Waals surface area contributed by atoms with E-state index in [0.717, 1.165) is 5.56 Å². The molecular formula is C12H10FNO2S2. The standard InChI is InChI=1S/C12H10FNO2S2/c13-9-3-1-8(2-4-9)7-10-11(16)14(5-6-15)12(17)18-10/h1-4,7,15H,5-6H2/b10-7-. The van der Waals surface area contributed by atoms with E-state index in [4.69, 9.17) is 17.3 Å². The zero-order valence-electron chi connectivity index (χ0n) is 9.30. The van der Waals surface area contributed by atoms with E-state index in [1.165, 1.54) is 28.8 Å². The summed E-state index contributed by atoms with van der Waals surface area (Å²) in [4.78, 5) is 13.8. The van der Waals surface area contributed by atoms with Crippen LogP contribution in [-0.4, -0.2) is 33.4 Å². The molecule has 1 aromatic rings. The second-order valence-electron chi connectivity index (χ2n) is 3.61. The van der Waals surface area contributed by atoms with Crippen LogP contribution in [0, 0.1) is 5.82 Å². The Bertz CT molecular complexity index is 513. The number of carbonyl (C=O) groups is 1. The van der Waals surface area contributed by atoms with E-state index in [9.17, 15) is 9.18 Å². The summed E-state index contributed by atoms with van der Waals surface area (Å²) in [5.74, 6) is -0.539. The first kappa shape index (κ1) is 13.2. The van der Waals surface area contributed by atoms with Crippen LogP contribution in [0.15, 0.2) is 29.2 Å². The van der Waals surface area contributed by atoms with Gasteiger partial charge in [0.05, 0.1) is 18.1 Å². The molecule has 0 unspecified atom stereocenters. The first-order valence-electron chi connectivity index (χ1n) is 5.23. The van der Waals surface area contributed by atoms with Crippen LogP contribution in [-0.2, 0) is 4.79 Å². The van der Waals surface area contributed by atoms with Crippen LogP contribution in [0.5, 0.6) is 0 Å². The molecule has 1 aliphatic heterocycles. The molecule has 1 fully saturated rings. The van der Waals surface area contributed by atoms with Gasteiger partial charge in [-0.2, -0.15) is 0 Å². The maximum atomic E-state index is 12.8. The van der Waals surface area contributed by atoms with Crippen molar-refractivity contribution in [1.29, 1.82) is 0 Å². The SMILES string of the molecule is O=C1/C(=C/c2ccc(F)cc2)SC(=S)N1CCO. The average molecular weight is 283 g/mol. The lowest BCUT2D eigenvalue weighted by Crippen LogP contribution is -2.30. The van der Waals surface area contributed by atoms with Gasteiger partial charge in [0.25, 0.3) is 5.91 Å². The molecule has 0 radical (unpaired) electrons. The molecule has 18 heavy (non-hydrogen) atoms. The Morgan fingerprint density at radius 3 is 2.67 bits per heavy atom. The van der Waals surface area contributed by atoms with E-state index in [-0.39, 0.29) is 24.9 Å². The molecule has 0 aliphatic carbocycles. The number of hydrogen-bond acceptors (Lipinski definition) is 4. The van der Waals surface area contributed by atoms with Crippen molar-refractivity contribution in [2.45, 2.75) is 0 Å². The van der Waals surface area contributed by atoms with Crippen molar-refractivity contribution < 1.29 is 14.3 Å². The quantitative estimate of drug-likeness (QED) is 0.680. The van der Waals surface area contributed by atoms with Gasteiger partial charge in [0.15, 0.2) is 0 Å². The predicted octanol–water partition coefficient (Wildman–Crippen LogP) is 2.02. The third kappa shape index (κ3) is 2.77. The van der Waals surface area contributed by atoms with Crippen LogP contribution in [0.4, 0.5) is 4.39 Å². The fourth-order valence-corrected chi connectivity index (χ4v) is 2.81. The number of aliphatic hydroxyl groups excluding tert-OH is 1. The molecule has 0 aromatic heterocycles. The molecule has 0 bridgehead atoms. The van der Waals surface area contributed by atoms with Crippen LogP contribution in [0.3, 0.4) is 0 Å². The lowest BCUT2D eigenvalue weighted by atomic mass is 10.2. The number of carbonyl (C=O) groups excluding carboxylic acids is 1. The van der Waals surface area contributed by atoms with Crippen molar-refractivity contribution in [3.63, 3.8) is 0 Å². The maximum Gasteiger partial charge on any atom is 0.266 e. The molecule has 2 rings (SSSR count). The van der Waals surface area contributed by atoms with Gasteiger partial charge >= 0.3 is 0 Å². The van der Waals surface area contributed by atoms with Gasteiger partial charge in [0, 0.05) is 0 Å². The zero-order chi connectivity index (χ0) is 13.1. The molecule has 1 saturated heterocycles. The number of halogens is 1. The molecule has 3 nitrogen and oxygen atoms in total. The summed E-state index contributed by atoms with van der Waals surface area (Å²) < 4.78 is 13.2. The van der Waals surface area contributed by atoms with Gasteiger partial charge in [0.2, 0.25) is 0 Å². The molecule has 1 amide bonds. The van der Waals surface area contributed by atoms with E-state index in [2.05, 4.69) is 0 Å². The number of hydrogen-bond donors (Lipinski definition) is 1. The summed E-state index contributed by atoms with van der Waals surface area (Å²) in [6.45, 7) is 0.0711. The summed E-state index contributed by atoms with van der Waals surface area (Å²) in [5.41, 5.74) is 0.737. The molecular weight excluding hydrogens is 273 g/mol. The molecule has 1 aliphatic rings. The van der Waals surface area contributed by atoms with Gasteiger partial charge in [-0.1, -0.05) is 36.1 Å². The van der Waals surface area contributed by atoms with Gasteiger partial charge < -0.3 is 5.11 Å². The smallest absolute Gasteiger partial charge is 0.266 e. The molecule has 0 saturated carbocycles. The number of benzene rings is 1. The van der Waals surface area contributed by atoms with Gasteiger partial charge in [-0.15, -0.1) is 0 Å². The predicted molar refractivity (Wildman–Crippen MR) is 73.4 cm³/mol. The van der Waals surface area contributed by atoms with Gasteiger partial charge in [0.1, 0.15) is 10.1 Å². The third-order valence-electron chi connectivity index (χ3n) is 2.36. The summed E-state index contributed by atoms with van der Waals surface area (Å²) in [6.07, 6.45) is 1.66. The van der Waals surface area contributed by atoms with Crippen molar-refractivity contribution in [3.8, 4) is 0 Å². The first-order chi connectivity index (χ1) is 8.61. The lowest BCUT2D eigenvalue weighted by Gasteiger charge is -2.11. The van der Waals surface area contributed by atoms with Crippen molar-refractivity contribution in [2.75, 3.05) is 13.2 Å². The molecule has 0 spiro atoms. The van der Waals surface area contributed by atoms with Crippen LogP contribution in [0.2, 0.25) is 0 Å². The highest BCUT2D eigenvalue weighted by atomic mass is 32.2. The van der Waals surface area contributed by atoms with Crippen molar-refractivity contribution in [1.82, 2.24) is 4.90 Å². The summed E-state index contributed by atoms with van der Waals surface area (Å²) in [5, 5.41) is 8.84. The van der Waals surface area contributed by atoms with Crippen molar-refractivity contribution >= 4 is 40.3 Å². The lowest BCUT2D eigenvalue weighted by molar-refractivity contribution is -0.122. The van der Waals surface area contributed by atoms with E-state index in [0.29, 0.717) is 9.23 Å². The zero-order valence-corrected chi connectivity index (χ0v) is 10.9. The Morgan fingerprint density at radius 2 is 2.06 bits per heavy atom. The van der Waals surface area contributed by atoms with E-state index >= 15 is 0 Å². The molecule has 1 heterocycles. The number of amides is 1. The maximum absolute atomic E-state index is 12.8. The number of rotatable bonds is 3. The fourth-order valence-electron chi connectivity index (χ4n) is 1.50. The fraction of sp³-hybridized carbons (Fsp3) is 0.167. The molecule has 6 heteroatoms. The summed E-state index contributed by atoms with van der Waals surface area (Å²) in [6, 6.07) is 5.85. The van der Waals surface area contributed by atoms with Crippen LogP contribution in [0.25, 0.3) is 6.08 Å². The van der Waals surface area contributed by atoms with Crippen molar-refractivity contribution in [2.24, 2.45) is 0 Å². The molecule has 1 N–H and O–H groups in total. The van der Waals surface area contributed by atoms with Gasteiger partial charge in [-0.3, -0.25) is 9.69 Å². The second-order valence-corrected chi connectivity index (χ2v) is 5.28. The Balaban J connectivity index is 2.22. The highest BCUT2D eigenvalue weighted by Crippen LogP contribution is 2.32. The third-order valence-corrected chi connectivity index (χ3v) is 3.74. The van der Waals surface area contributed by atoms with Gasteiger partial charge in [-0.25, -0.2) is 4.39 Å². The van der Waals surface area contributed by atoms with E-state index in [1.807, 2.05) is 0 Å². The second kappa shape index (κ2) is 5.60. The summed E-state index contributed by atoms with van der Waals surface area (Å²) >= 11 is 6.24. The molecule has 0 atom stereocenters. The number of aliphatic hydroxyl groups is 1. The number of nitrogens with zero attached hydrogens (tertiary/aromatic N) is 1. The largest absolute Gasteiger partial charge is 0.395 e.